The molecule has 1 N–H and O–H groups in total. The number of hydrogen-bond donors (Lipinski definition) is 1. The molecule has 0 spiro atoms. The third-order valence-corrected chi connectivity index (χ3v) is 4.89. The van der Waals surface area contributed by atoms with Gasteiger partial charge in [0.15, 0.2) is 0 Å². The van der Waals surface area contributed by atoms with Crippen LogP contribution < -0.4 is 9.64 Å². The third kappa shape index (κ3) is 3.27. The van der Waals surface area contributed by atoms with Crippen molar-refractivity contribution in [2.45, 2.75) is 17.5 Å². The van der Waals surface area contributed by atoms with E-state index in [0.717, 1.165) is 18.8 Å². The second kappa shape index (κ2) is 6.50. The molecule has 20 heavy (non-hydrogen) atoms. The molecule has 5 heteroatoms. The van der Waals surface area contributed by atoms with Gasteiger partial charge in [-0.3, -0.25) is 4.79 Å². The summed E-state index contributed by atoms with van der Waals surface area (Å²) in [6, 6.07) is 8.02. The Bertz CT molecular complexity index is 461. The van der Waals surface area contributed by atoms with E-state index in [0.29, 0.717) is 0 Å². The Kier molecular flexibility index (Phi) is 4.94. The number of methoxy groups -OCH3 is 1. The minimum atomic E-state index is 0.0410. The first-order chi connectivity index (χ1) is 9.52. The maximum absolute atomic E-state index is 12.3. The molecule has 0 unspecified atom stereocenters. The number of carbonyl (C=O) groups excluding carboxylic acids is 1. The van der Waals surface area contributed by atoms with Gasteiger partial charge < -0.3 is 14.5 Å². The molecule has 0 saturated carbocycles. The van der Waals surface area contributed by atoms with Crippen molar-refractivity contribution in [2.75, 3.05) is 34.3 Å². The van der Waals surface area contributed by atoms with Gasteiger partial charge in [0.05, 0.1) is 39.5 Å². The van der Waals surface area contributed by atoms with Crippen LogP contribution in [0.4, 0.5) is 0 Å². The molecule has 0 aromatic heterocycles. The van der Waals surface area contributed by atoms with E-state index in [1.807, 2.05) is 24.0 Å². The smallest absolute Gasteiger partial charge is 0.236 e. The summed E-state index contributed by atoms with van der Waals surface area (Å²) >= 11 is 1.73. The van der Waals surface area contributed by atoms with E-state index in [9.17, 15) is 4.79 Å². The highest BCUT2D eigenvalue weighted by atomic mass is 32.2. The van der Waals surface area contributed by atoms with Gasteiger partial charge in [-0.25, -0.2) is 0 Å². The molecule has 110 valence electrons. The Morgan fingerprint density at radius 2 is 1.95 bits per heavy atom. The number of nitrogens with zero attached hydrogens (tertiary/aromatic N) is 1. The monoisotopic (exact) mass is 295 g/mol. The fourth-order valence-corrected chi connectivity index (χ4v) is 3.58. The van der Waals surface area contributed by atoms with Crippen molar-refractivity contribution in [3.8, 4) is 5.75 Å². The average Bonchev–Trinajstić information content (AvgIpc) is 2.72. The number of ether oxygens (including phenoxy) is 1. The number of carbonyl (C=O) groups is 1. The van der Waals surface area contributed by atoms with Gasteiger partial charge in [0.2, 0.25) is 5.91 Å². The van der Waals surface area contributed by atoms with E-state index in [1.165, 1.54) is 10.5 Å². The first kappa shape index (κ1) is 15.2. The van der Waals surface area contributed by atoms with Gasteiger partial charge in [-0.1, -0.05) is 12.1 Å². The van der Waals surface area contributed by atoms with Crippen LogP contribution in [0.5, 0.6) is 5.75 Å². The summed E-state index contributed by atoms with van der Waals surface area (Å²) < 4.78 is 5.19. The highest BCUT2D eigenvalue weighted by Crippen LogP contribution is 2.42. The summed E-state index contributed by atoms with van der Waals surface area (Å²) in [5, 5.41) is 0.169. The first-order valence-corrected chi connectivity index (χ1v) is 7.86. The van der Waals surface area contributed by atoms with Crippen LogP contribution in [-0.4, -0.2) is 50.4 Å². The van der Waals surface area contributed by atoms with Crippen molar-refractivity contribution in [3.63, 3.8) is 0 Å². The number of thioether (sulfide) groups is 1. The molecule has 2 rings (SSSR count). The summed E-state index contributed by atoms with van der Waals surface area (Å²) in [5.41, 5.74) is 1.17. The molecule has 4 nitrogen and oxygen atoms in total. The minimum absolute atomic E-state index is 0.0410. The highest BCUT2D eigenvalue weighted by molar-refractivity contribution is 8.01. The number of quaternary nitrogens is 1. The van der Waals surface area contributed by atoms with Gasteiger partial charge in [-0.2, -0.15) is 0 Å². The fourth-order valence-electron chi connectivity index (χ4n) is 2.27. The lowest BCUT2D eigenvalue weighted by Crippen LogP contribution is -3.06. The van der Waals surface area contributed by atoms with Gasteiger partial charge in [0, 0.05) is 0 Å². The van der Waals surface area contributed by atoms with Crippen LogP contribution >= 0.6 is 11.8 Å². The molecule has 0 aliphatic carbocycles. The molecule has 1 heterocycles. The van der Waals surface area contributed by atoms with Crippen molar-refractivity contribution in [2.24, 2.45) is 0 Å². The second-order valence-corrected chi connectivity index (χ2v) is 6.82. The third-order valence-electron chi connectivity index (χ3n) is 3.50. The summed E-state index contributed by atoms with van der Waals surface area (Å²) in [4.78, 5) is 15.7. The van der Waals surface area contributed by atoms with Gasteiger partial charge in [0.1, 0.15) is 11.1 Å². The molecule has 2 atom stereocenters. The van der Waals surface area contributed by atoms with Crippen molar-refractivity contribution in [3.05, 3.63) is 29.8 Å². The van der Waals surface area contributed by atoms with Crippen LogP contribution in [0.1, 0.15) is 17.9 Å². The van der Waals surface area contributed by atoms with Crippen LogP contribution in [0, 0.1) is 0 Å². The van der Waals surface area contributed by atoms with Crippen LogP contribution in [-0.2, 0) is 4.79 Å². The van der Waals surface area contributed by atoms with E-state index in [-0.39, 0.29) is 16.5 Å². The topological polar surface area (TPSA) is 34.0 Å². The zero-order chi connectivity index (χ0) is 14.7. The van der Waals surface area contributed by atoms with Gasteiger partial charge in [-0.15, -0.1) is 11.8 Å². The Morgan fingerprint density at radius 3 is 2.50 bits per heavy atom. The summed E-state index contributed by atoms with van der Waals surface area (Å²) in [6.45, 7) is 3.76. The number of likely N-dealkylation sites (N-methyl/N-ethyl adjacent to an activating group) is 1. The number of amides is 1. The zero-order valence-corrected chi connectivity index (χ0v) is 13.4. The maximum atomic E-state index is 12.3. The van der Waals surface area contributed by atoms with Crippen LogP contribution in [0.15, 0.2) is 24.3 Å². The Labute approximate surface area is 125 Å². The van der Waals surface area contributed by atoms with E-state index < -0.39 is 0 Å². The summed E-state index contributed by atoms with van der Waals surface area (Å²) in [5.74, 6) is 1.09. The van der Waals surface area contributed by atoms with Crippen LogP contribution in [0.25, 0.3) is 0 Å². The number of hydrogen-bond acceptors (Lipinski definition) is 3. The molecule has 0 bridgehead atoms. The molecule has 1 aliphatic heterocycles. The predicted molar refractivity (Wildman–Crippen MR) is 82.2 cm³/mol. The number of benzene rings is 1. The Hall–Kier alpha value is -1.20. The van der Waals surface area contributed by atoms with Crippen molar-refractivity contribution in [1.29, 1.82) is 0 Å². The van der Waals surface area contributed by atoms with Crippen LogP contribution in [0.3, 0.4) is 0 Å². The molecular formula is C15H23N2O2S+. The minimum Gasteiger partial charge on any atom is -0.497 e. The lowest BCUT2D eigenvalue weighted by atomic mass is 10.2. The van der Waals surface area contributed by atoms with Crippen LogP contribution in [0.2, 0.25) is 0 Å². The van der Waals surface area contributed by atoms with E-state index in [4.69, 9.17) is 4.74 Å². The quantitative estimate of drug-likeness (QED) is 0.872. The molecule has 1 saturated heterocycles. The van der Waals surface area contributed by atoms with Crippen molar-refractivity contribution >= 4 is 17.7 Å². The van der Waals surface area contributed by atoms with Crippen molar-refractivity contribution in [1.82, 2.24) is 4.90 Å². The predicted octanol–water partition coefficient (Wildman–Crippen LogP) is 0.802. The zero-order valence-electron chi connectivity index (χ0n) is 12.6. The average molecular weight is 295 g/mol. The lowest BCUT2D eigenvalue weighted by Gasteiger charge is -2.24. The highest BCUT2D eigenvalue weighted by Gasteiger charge is 2.38. The van der Waals surface area contributed by atoms with Gasteiger partial charge in [0.25, 0.3) is 0 Å². The van der Waals surface area contributed by atoms with E-state index in [2.05, 4.69) is 26.2 Å². The SMILES string of the molecule is COc1ccc([C@@H]2S[C@@H](C)C(=O)N2CC[NH+](C)C)cc1. The molecule has 1 amide bonds. The summed E-state index contributed by atoms with van der Waals surface area (Å²) in [6.07, 6.45) is 0. The second-order valence-electron chi connectivity index (χ2n) is 5.39. The van der Waals surface area contributed by atoms with E-state index in [1.54, 1.807) is 18.9 Å². The molecule has 1 aromatic rings. The standard InChI is InChI=1S/C15H22N2O2S/c1-11-14(18)17(10-9-16(2)3)15(20-11)12-5-7-13(19-4)8-6-12/h5-8,11,15H,9-10H2,1-4H3/p+1/t11-,15-/m0/s1. The van der Waals surface area contributed by atoms with Crippen molar-refractivity contribution < 1.29 is 14.4 Å². The maximum Gasteiger partial charge on any atom is 0.236 e. The summed E-state index contributed by atoms with van der Waals surface area (Å²) in [7, 11) is 5.89. The van der Waals surface area contributed by atoms with Gasteiger partial charge >= 0.3 is 0 Å². The van der Waals surface area contributed by atoms with Gasteiger partial charge in [-0.05, 0) is 24.6 Å². The fraction of sp³-hybridized carbons (Fsp3) is 0.533. The molecule has 1 aliphatic rings. The first-order valence-electron chi connectivity index (χ1n) is 6.92. The Balaban J connectivity index is 2.16. The van der Waals surface area contributed by atoms with E-state index >= 15 is 0 Å². The molecule has 1 aromatic carbocycles. The molecule has 1 fully saturated rings. The molecular weight excluding hydrogens is 272 g/mol. The lowest BCUT2D eigenvalue weighted by molar-refractivity contribution is -0.857. The number of rotatable bonds is 5. The normalized spacial score (nSPS) is 22.6. The Morgan fingerprint density at radius 1 is 1.30 bits per heavy atom. The number of nitrogens with one attached hydrogen (secondary N) is 1. The molecule has 0 radical (unpaired) electrons. The largest absolute Gasteiger partial charge is 0.497 e.